The van der Waals surface area contributed by atoms with Gasteiger partial charge in [-0.05, 0) is 18.1 Å². The molecule has 0 aromatic heterocycles. The van der Waals surface area contributed by atoms with E-state index >= 15 is 0 Å². The Balaban J connectivity index is 1.97. The van der Waals surface area contributed by atoms with Crippen LogP contribution in [0.5, 0.6) is 0 Å². The van der Waals surface area contributed by atoms with E-state index in [1.165, 1.54) is 5.57 Å². The topological polar surface area (TPSA) is 33.3 Å². The molecule has 1 saturated heterocycles. The fourth-order valence-electron chi connectivity index (χ4n) is 2.08. The van der Waals surface area contributed by atoms with Crippen LogP contribution < -0.4 is 10.6 Å². The molecular formula is C10H12N2O. The zero-order chi connectivity index (χ0) is 8.67. The Labute approximate surface area is 77.2 Å². The van der Waals surface area contributed by atoms with Gasteiger partial charge in [-0.2, -0.15) is 0 Å². The molecule has 0 bridgehead atoms. The molecule has 2 unspecified atom stereocenters. The quantitative estimate of drug-likeness (QED) is 0.568. The second kappa shape index (κ2) is 2.72. The van der Waals surface area contributed by atoms with Crippen molar-refractivity contribution in [2.45, 2.75) is 18.5 Å². The Morgan fingerprint density at radius 3 is 3.38 bits per heavy atom. The fraction of sp³-hybridized carbons (Fsp3) is 0.400. The molecule has 2 heterocycles. The zero-order valence-corrected chi connectivity index (χ0v) is 7.29. The summed E-state index contributed by atoms with van der Waals surface area (Å²) in [7, 11) is 0. The molecule has 3 nitrogen and oxygen atoms in total. The van der Waals surface area contributed by atoms with Crippen LogP contribution in [0.2, 0.25) is 0 Å². The van der Waals surface area contributed by atoms with Crippen molar-refractivity contribution in [1.29, 1.82) is 0 Å². The summed E-state index contributed by atoms with van der Waals surface area (Å²) < 4.78 is 5.54. The predicted octanol–water partition coefficient (Wildman–Crippen LogP) is 0.632. The molecule has 13 heavy (non-hydrogen) atoms. The number of nitrogens with one attached hydrogen (secondary N) is 2. The van der Waals surface area contributed by atoms with E-state index in [9.17, 15) is 0 Å². The molecule has 3 heteroatoms. The van der Waals surface area contributed by atoms with E-state index < -0.39 is 0 Å². The van der Waals surface area contributed by atoms with Gasteiger partial charge in [-0.15, -0.1) is 0 Å². The van der Waals surface area contributed by atoms with Crippen molar-refractivity contribution >= 4 is 0 Å². The first-order valence-electron chi connectivity index (χ1n) is 4.65. The molecule has 0 amide bonds. The molecule has 0 saturated carbocycles. The molecule has 1 aliphatic carbocycles. The highest BCUT2D eigenvalue weighted by atomic mass is 16.5. The predicted molar refractivity (Wildman–Crippen MR) is 49.7 cm³/mol. The van der Waals surface area contributed by atoms with Crippen molar-refractivity contribution < 1.29 is 4.74 Å². The summed E-state index contributed by atoms with van der Waals surface area (Å²) in [4.78, 5) is 0. The van der Waals surface area contributed by atoms with Gasteiger partial charge in [-0.1, -0.05) is 12.2 Å². The van der Waals surface area contributed by atoms with Gasteiger partial charge in [0.2, 0.25) is 0 Å². The molecule has 0 aromatic carbocycles. The fourth-order valence-corrected chi connectivity index (χ4v) is 2.08. The minimum Gasteiger partial charge on any atom is -0.468 e. The van der Waals surface area contributed by atoms with Crippen LogP contribution in [0.4, 0.5) is 0 Å². The average Bonchev–Trinajstić information content (AvgIpc) is 2.65. The first-order chi connectivity index (χ1) is 6.45. The molecule has 3 rings (SSSR count). The molecule has 2 aliphatic heterocycles. The van der Waals surface area contributed by atoms with E-state index in [4.69, 9.17) is 4.74 Å². The van der Waals surface area contributed by atoms with Gasteiger partial charge < -0.3 is 4.74 Å². The summed E-state index contributed by atoms with van der Waals surface area (Å²) in [5.41, 5.74) is 1.31. The third kappa shape index (κ3) is 1.04. The van der Waals surface area contributed by atoms with Gasteiger partial charge >= 0.3 is 0 Å². The summed E-state index contributed by atoms with van der Waals surface area (Å²) in [6.45, 7) is 0.865. The van der Waals surface area contributed by atoms with E-state index in [1.807, 2.05) is 6.08 Å². The first kappa shape index (κ1) is 7.35. The first-order valence-corrected chi connectivity index (χ1v) is 4.65. The maximum absolute atomic E-state index is 5.54. The van der Waals surface area contributed by atoms with Crippen LogP contribution in [-0.4, -0.2) is 18.8 Å². The van der Waals surface area contributed by atoms with Crippen molar-refractivity contribution in [3.05, 3.63) is 35.8 Å². The van der Waals surface area contributed by atoms with Gasteiger partial charge in [0, 0.05) is 12.7 Å². The normalized spacial score (nSPS) is 35.7. The Kier molecular flexibility index (Phi) is 1.54. The van der Waals surface area contributed by atoms with Gasteiger partial charge in [0.25, 0.3) is 0 Å². The highest BCUT2D eigenvalue weighted by molar-refractivity contribution is 5.38. The third-order valence-corrected chi connectivity index (χ3v) is 2.75. The van der Waals surface area contributed by atoms with Crippen LogP contribution in [0.15, 0.2) is 35.8 Å². The third-order valence-electron chi connectivity index (χ3n) is 2.75. The largest absolute Gasteiger partial charge is 0.468 e. The molecule has 2 N–H and O–H groups in total. The lowest BCUT2D eigenvalue weighted by Crippen LogP contribution is -2.37. The van der Waals surface area contributed by atoms with Gasteiger partial charge in [0.1, 0.15) is 5.76 Å². The maximum Gasteiger partial charge on any atom is 0.126 e. The molecule has 0 radical (unpaired) electrons. The summed E-state index contributed by atoms with van der Waals surface area (Å²) in [5.74, 6) is 1.10. The highest BCUT2D eigenvalue weighted by Gasteiger charge is 2.33. The van der Waals surface area contributed by atoms with Crippen LogP contribution in [0.25, 0.3) is 0 Å². The summed E-state index contributed by atoms with van der Waals surface area (Å²) in [6, 6.07) is 0.746. The van der Waals surface area contributed by atoms with Gasteiger partial charge in [-0.3, -0.25) is 10.6 Å². The molecule has 3 aliphatic rings. The number of rotatable bonds is 0. The van der Waals surface area contributed by atoms with E-state index in [-0.39, 0.29) is 0 Å². The Hall–Kier alpha value is -1.06. The molecule has 1 fully saturated rings. The number of hydrogen-bond donors (Lipinski definition) is 2. The Morgan fingerprint density at radius 1 is 1.38 bits per heavy atom. The lowest BCUT2D eigenvalue weighted by atomic mass is 9.94. The minimum absolute atomic E-state index is 0.338. The second-order valence-corrected chi connectivity index (χ2v) is 3.53. The monoisotopic (exact) mass is 176 g/mol. The van der Waals surface area contributed by atoms with Crippen molar-refractivity contribution in [3.8, 4) is 0 Å². The highest BCUT2D eigenvalue weighted by Crippen LogP contribution is 2.28. The maximum atomic E-state index is 5.54. The van der Waals surface area contributed by atoms with E-state index in [0.29, 0.717) is 12.1 Å². The number of ether oxygens (including phenoxy) is 1. The lowest BCUT2D eigenvalue weighted by Gasteiger charge is -2.26. The van der Waals surface area contributed by atoms with E-state index in [0.717, 1.165) is 18.8 Å². The summed E-state index contributed by atoms with van der Waals surface area (Å²) in [6.07, 6.45) is 9.21. The zero-order valence-electron chi connectivity index (χ0n) is 7.29. The molecular weight excluding hydrogens is 164 g/mol. The number of fused-ring (bicyclic) bond motifs is 2. The van der Waals surface area contributed by atoms with Gasteiger partial charge in [0.15, 0.2) is 0 Å². The Morgan fingerprint density at radius 2 is 2.38 bits per heavy atom. The smallest absolute Gasteiger partial charge is 0.126 e. The van der Waals surface area contributed by atoms with Crippen molar-refractivity contribution in [1.82, 2.24) is 10.6 Å². The minimum atomic E-state index is 0.338. The van der Waals surface area contributed by atoms with Crippen LogP contribution in [0.1, 0.15) is 6.42 Å². The number of allylic oxidation sites excluding steroid dienone is 3. The van der Waals surface area contributed by atoms with Crippen LogP contribution >= 0.6 is 0 Å². The molecule has 68 valence electrons. The molecule has 0 spiro atoms. The van der Waals surface area contributed by atoms with Crippen molar-refractivity contribution in [3.63, 3.8) is 0 Å². The summed E-state index contributed by atoms with van der Waals surface area (Å²) in [5, 5.41) is 6.73. The second-order valence-electron chi connectivity index (χ2n) is 3.53. The van der Waals surface area contributed by atoms with Crippen LogP contribution in [-0.2, 0) is 4.74 Å². The van der Waals surface area contributed by atoms with Gasteiger partial charge in [0.05, 0.1) is 12.3 Å². The van der Waals surface area contributed by atoms with Crippen molar-refractivity contribution in [2.75, 3.05) is 6.67 Å². The van der Waals surface area contributed by atoms with Crippen molar-refractivity contribution in [2.24, 2.45) is 0 Å². The van der Waals surface area contributed by atoms with Gasteiger partial charge in [-0.25, -0.2) is 0 Å². The average molecular weight is 176 g/mol. The molecule has 0 aromatic rings. The van der Waals surface area contributed by atoms with Crippen LogP contribution in [0, 0.1) is 0 Å². The molecule has 2 atom stereocenters. The number of hydrogen-bond acceptors (Lipinski definition) is 3. The van der Waals surface area contributed by atoms with E-state index in [1.54, 1.807) is 6.26 Å². The standard InChI is InChI=1S/C10H12N2O/c1-2-7-3-4-8-9(12-6-11-8)10(7)13-5-1/h1,3-5,8-9,11-12H,2,6H2. The summed E-state index contributed by atoms with van der Waals surface area (Å²) >= 11 is 0. The Bertz CT molecular complexity index is 317. The lowest BCUT2D eigenvalue weighted by molar-refractivity contribution is 0.290. The van der Waals surface area contributed by atoms with Crippen LogP contribution in [0.3, 0.4) is 0 Å². The van der Waals surface area contributed by atoms with E-state index in [2.05, 4.69) is 22.8 Å². The SMILES string of the molecule is C1=COC2=C(C=CC3NCNC23)C1.